The maximum atomic E-state index is 13.2. The van der Waals surface area contributed by atoms with Crippen molar-refractivity contribution in [3.63, 3.8) is 0 Å². The Kier molecular flexibility index (Phi) is 9.85. The third-order valence-electron chi connectivity index (χ3n) is 6.24. The third kappa shape index (κ3) is 7.62. The van der Waals surface area contributed by atoms with Crippen LogP contribution in [0.5, 0.6) is 0 Å². The summed E-state index contributed by atoms with van der Waals surface area (Å²) in [5.41, 5.74) is 2.70. The molecule has 1 aromatic heterocycles. The smallest absolute Gasteiger partial charge is 0.251 e. The van der Waals surface area contributed by atoms with Crippen molar-refractivity contribution in [3.05, 3.63) is 53.0 Å². The molecule has 0 saturated heterocycles. The molecule has 1 heterocycles. The lowest BCUT2D eigenvalue weighted by molar-refractivity contribution is -0.126. The fourth-order valence-corrected chi connectivity index (χ4v) is 6.85. The minimum atomic E-state index is -3.99. The molecule has 11 nitrogen and oxygen atoms in total. The number of thiazole rings is 1. The van der Waals surface area contributed by atoms with Gasteiger partial charge in [0, 0.05) is 32.4 Å². The van der Waals surface area contributed by atoms with Crippen molar-refractivity contribution in [1.82, 2.24) is 20.9 Å². The van der Waals surface area contributed by atoms with Gasteiger partial charge in [0.1, 0.15) is 5.01 Å². The lowest BCUT2D eigenvalue weighted by atomic mass is 10.0. The highest BCUT2D eigenvalue weighted by Crippen LogP contribution is 2.34. The van der Waals surface area contributed by atoms with Gasteiger partial charge in [-0.25, -0.2) is 13.4 Å². The molecule has 1 aliphatic rings. The van der Waals surface area contributed by atoms with Crippen molar-refractivity contribution >= 4 is 49.1 Å². The van der Waals surface area contributed by atoms with Crippen LogP contribution >= 0.6 is 11.3 Å². The number of methoxy groups -OCH3 is 2. The van der Waals surface area contributed by atoms with E-state index < -0.39 is 21.0 Å². The number of sulfone groups is 1. The van der Waals surface area contributed by atoms with E-state index in [1.54, 1.807) is 19.2 Å². The number of nitrogens with one attached hydrogen (secondary N) is 3. The molecule has 3 amide bonds. The predicted octanol–water partition coefficient (Wildman–Crippen LogP) is 1.84. The third-order valence-corrected chi connectivity index (χ3v) is 9.38. The maximum absolute atomic E-state index is 13.2. The molecule has 0 aliphatic heterocycles. The van der Waals surface area contributed by atoms with E-state index in [4.69, 9.17) is 9.47 Å². The van der Waals surface area contributed by atoms with Crippen molar-refractivity contribution in [2.45, 2.75) is 24.1 Å². The largest absolute Gasteiger partial charge is 0.384 e. The second kappa shape index (κ2) is 13.3. The number of hydrogen-bond donors (Lipinski definition) is 3. The maximum Gasteiger partial charge on any atom is 0.251 e. The van der Waals surface area contributed by atoms with Gasteiger partial charge in [0.25, 0.3) is 5.91 Å². The first-order valence-electron chi connectivity index (χ1n) is 12.8. The number of carbonyl (C=O) groups excluding carboxylic acids is 3. The van der Waals surface area contributed by atoms with Crippen LogP contribution in [0.4, 0.5) is 0 Å². The number of fused-ring (bicyclic) bond motifs is 1. The zero-order valence-corrected chi connectivity index (χ0v) is 23.9. The quantitative estimate of drug-likeness (QED) is 0.241. The summed E-state index contributed by atoms with van der Waals surface area (Å²) < 4.78 is 37.0. The van der Waals surface area contributed by atoms with Crippen molar-refractivity contribution < 1.29 is 32.3 Å². The van der Waals surface area contributed by atoms with E-state index in [0.29, 0.717) is 28.9 Å². The molecule has 1 aliphatic carbocycles. The molecule has 1 fully saturated rings. The van der Waals surface area contributed by atoms with Gasteiger partial charge in [0.05, 0.1) is 35.7 Å². The highest BCUT2D eigenvalue weighted by Gasteiger charge is 2.37. The Morgan fingerprint density at radius 3 is 2.38 bits per heavy atom. The monoisotopic (exact) mass is 588 g/mol. The Balaban J connectivity index is 1.55. The van der Waals surface area contributed by atoms with Gasteiger partial charge < -0.3 is 25.4 Å². The number of hydrogen-bond acceptors (Lipinski definition) is 9. The van der Waals surface area contributed by atoms with Crippen LogP contribution in [0.1, 0.15) is 33.5 Å². The first kappa shape index (κ1) is 29.6. The topological polar surface area (TPSA) is 153 Å². The first-order valence-corrected chi connectivity index (χ1v) is 15.3. The molecule has 3 aromatic rings. The van der Waals surface area contributed by atoms with Crippen molar-refractivity contribution in [2.75, 3.05) is 46.3 Å². The Morgan fingerprint density at radius 2 is 1.70 bits per heavy atom. The molecule has 0 spiro atoms. The number of benzene rings is 2. The number of aromatic nitrogens is 1. The summed E-state index contributed by atoms with van der Waals surface area (Å²) in [6.45, 7) is 0.435. The number of ether oxygens (including phenoxy) is 2. The Bertz CT molecular complexity index is 1470. The molecular formula is C27H32N4O7S2. The van der Waals surface area contributed by atoms with Crippen LogP contribution in [-0.2, 0) is 28.9 Å². The molecule has 3 N–H and O–H groups in total. The minimum Gasteiger partial charge on any atom is -0.384 e. The van der Waals surface area contributed by atoms with Gasteiger partial charge >= 0.3 is 0 Å². The Labute approximate surface area is 236 Å². The second-order valence-corrected chi connectivity index (χ2v) is 12.6. The van der Waals surface area contributed by atoms with Crippen molar-refractivity contribution in [3.8, 4) is 11.1 Å². The number of carbonyl (C=O) groups is 3. The van der Waals surface area contributed by atoms with E-state index in [9.17, 15) is 22.8 Å². The Hall–Kier alpha value is -3.39. The normalized spacial score (nSPS) is 14.1. The van der Waals surface area contributed by atoms with Gasteiger partial charge in [-0.3, -0.25) is 14.4 Å². The molecule has 1 saturated carbocycles. The van der Waals surface area contributed by atoms with Crippen LogP contribution in [0.15, 0.2) is 42.5 Å². The minimum absolute atomic E-state index is 0.0796. The predicted molar refractivity (Wildman–Crippen MR) is 152 cm³/mol. The SMILES string of the molecule is COCCNC(=O)c1ccc(-c2ccc3sc(C(C(=O)NCC(=O)NC4CC4)S(=O)(=O)CCOC)nc3c2)cc1. The molecular weight excluding hydrogens is 556 g/mol. The average Bonchev–Trinajstić information content (AvgIpc) is 3.66. The lowest BCUT2D eigenvalue weighted by Crippen LogP contribution is -2.41. The van der Waals surface area contributed by atoms with Crippen LogP contribution in [0.3, 0.4) is 0 Å². The van der Waals surface area contributed by atoms with E-state index in [0.717, 1.165) is 35.3 Å². The molecule has 1 unspecified atom stereocenters. The van der Waals surface area contributed by atoms with E-state index in [1.807, 2.05) is 30.3 Å². The summed E-state index contributed by atoms with van der Waals surface area (Å²) >= 11 is 1.11. The van der Waals surface area contributed by atoms with Gasteiger partial charge in [0.15, 0.2) is 15.1 Å². The summed E-state index contributed by atoms with van der Waals surface area (Å²) in [5, 5.41) is 6.54. The highest BCUT2D eigenvalue weighted by molar-refractivity contribution is 7.92. The Morgan fingerprint density at radius 1 is 1.00 bits per heavy atom. The molecule has 0 radical (unpaired) electrons. The molecule has 13 heteroatoms. The number of amides is 3. The summed E-state index contributed by atoms with van der Waals surface area (Å²) in [7, 11) is -1.05. The molecule has 1 atom stereocenters. The van der Waals surface area contributed by atoms with Gasteiger partial charge in [-0.2, -0.15) is 0 Å². The standard InChI is InChI=1S/C27H32N4O7S2/c1-37-12-11-28-25(33)18-5-3-17(4-6-18)19-7-10-22-21(15-19)31-27(39-22)24(40(35,36)14-13-38-2)26(34)29-16-23(32)30-20-8-9-20/h3-7,10,15,20,24H,8-9,11-14,16H2,1-2H3,(H,28,33)(H,29,34)(H,30,32). The van der Waals surface area contributed by atoms with E-state index >= 15 is 0 Å². The van der Waals surface area contributed by atoms with Crippen molar-refractivity contribution in [1.29, 1.82) is 0 Å². The second-order valence-electron chi connectivity index (χ2n) is 9.36. The van der Waals surface area contributed by atoms with Crippen LogP contribution in [0.25, 0.3) is 21.3 Å². The molecule has 0 bridgehead atoms. The van der Waals surface area contributed by atoms with Gasteiger partial charge in [-0.1, -0.05) is 18.2 Å². The van der Waals surface area contributed by atoms with Crippen LogP contribution < -0.4 is 16.0 Å². The summed E-state index contributed by atoms with van der Waals surface area (Å²) in [4.78, 5) is 42.0. The van der Waals surface area contributed by atoms with E-state index in [-0.39, 0.29) is 41.8 Å². The fourth-order valence-electron chi connectivity index (χ4n) is 3.93. The number of nitrogens with zero attached hydrogens (tertiary/aromatic N) is 1. The first-order chi connectivity index (χ1) is 19.2. The molecule has 4 rings (SSSR count). The van der Waals surface area contributed by atoms with E-state index in [1.165, 1.54) is 7.11 Å². The van der Waals surface area contributed by atoms with Crippen LogP contribution in [0.2, 0.25) is 0 Å². The zero-order valence-electron chi connectivity index (χ0n) is 22.3. The average molecular weight is 589 g/mol. The van der Waals surface area contributed by atoms with Crippen molar-refractivity contribution in [2.24, 2.45) is 0 Å². The zero-order chi connectivity index (χ0) is 28.7. The summed E-state index contributed by atoms with van der Waals surface area (Å²) in [6, 6.07) is 12.7. The summed E-state index contributed by atoms with van der Waals surface area (Å²) in [6.07, 6.45) is 1.80. The van der Waals surface area contributed by atoms with Gasteiger partial charge in [-0.15, -0.1) is 11.3 Å². The fraction of sp³-hybridized carbons (Fsp3) is 0.407. The van der Waals surface area contributed by atoms with Crippen LogP contribution in [0, 0.1) is 0 Å². The van der Waals surface area contributed by atoms with E-state index in [2.05, 4.69) is 20.9 Å². The van der Waals surface area contributed by atoms with Gasteiger partial charge in [0.2, 0.25) is 11.8 Å². The molecule has 40 heavy (non-hydrogen) atoms. The van der Waals surface area contributed by atoms with Crippen LogP contribution in [-0.4, -0.2) is 83.4 Å². The molecule has 214 valence electrons. The highest BCUT2D eigenvalue weighted by atomic mass is 32.2. The molecule has 2 aromatic carbocycles. The lowest BCUT2D eigenvalue weighted by Gasteiger charge is -2.15. The number of rotatable bonds is 14. The summed E-state index contributed by atoms with van der Waals surface area (Å²) in [5.74, 6) is -1.74. The van der Waals surface area contributed by atoms with Gasteiger partial charge in [-0.05, 0) is 48.2 Å².